The Labute approximate surface area is 84.9 Å². The van der Waals surface area contributed by atoms with E-state index in [1.807, 2.05) is 32.7 Å². The molecule has 4 nitrogen and oxygen atoms in total. The summed E-state index contributed by atoms with van der Waals surface area (Å²) in [6.07, 6.45) is 0. The monoisotopic (exact) mass is 198 g/mol. The molecule has 0 aliphatic carbocycles. The van der Waals surface area contributed by atoms with E-state index in [1.165, 1.54) is 4.90 Å². The Bertz CT molecular complexity index is 255. The van der Waals surface area contributed by atoms with E-state index in [0.29, 0.717) is 13.1 Å². The lowest BCUT2D eigenvalue weighted by Crippen LogP contribution is -2.54. The Morgan fingerprint density at radius 3 is 2.29 bits per heavy atom. The summed E-state index contributed by atoms with van der Waals surface area (Å²) in [6.45, 7) is 7.14. The third-order valence-corrected chi connectivity index (χ3v) is 2.30. The van der Waals surface area contributed by atoms with Crippen LogP contribution < -0.4 is 0 Å². The molecule has 0 aromatic carbocycles. The number of rotatable bonds is 0. The third kappa shape index (κ3) is 2.32. The number of hydrogen-bond acceptors (Lipinski definition) is 3. The maximum atomic E-state index is 11.8. The van der Waals surface area contributed by atoms with Gasteiger partial charge >= 0.3 is 0 Å². The van der Waals surface area contributed by atoms with Crippen molar-refractivity contribution in [2.24, 2.45) is 5.41 Å². The molecular formula is C10H18N2O2. The van der Waals surface area contributed by atoms with E-state index >= 15 is 0 Å². The highest BCUT2D eigenvalue weighted by Crippen LogP contribution is 2.18. The zero-order valence-corrected chi connectivity index (χ0v) is 9.33. The summed E-state index contributed by atoms with van der Waals surface area (Å²) in [5.41, 5.74) is -0.467. The Morgan fingerprint density at radius 2 is 1.86 bits per heavy atom. The fourth-order valence-electron chi connectivity index (χ4n) is 1.41. The van der Waals surface area contributed by atoms with Crippen LogP contribution in [-0.4, -0.2) is 48.3 Å². The number of carbonyl (C=O) groups excluding carboxylic acids is 2. The molecule has 2 amide bonds. The molecule has 0 atom stereocenters. The molecule has 0 spiro atoms. The van der Waals surface area contributed by atoms with Gasteiger partial charge in [-0.15, -0.1) is 0 Å². The van der Waals surface area contributed by atoms with Gasteiger partial charge in [-0.05, 0) is 7.05 Å². The lowest BCUT2D eigenvalue weighted by Gasteiger charge is -2.34. The lowest BCUT2D eigenvalue weighted by molar-refractivity contribution is -0.153. The molecule has 0 aromatic rings. The fourth-order valence-corrected chi connectivity index (χ4v) is 1.41. The number of imide groups is 1. The van der Waals surface area contributed by atoms with Crippen LogP contribution in [0.2, 0.25) is 0 Å². The summed E-state index contributed by atoms with van der Waals surface area (Å²) < 4.78 is 0. The first-order valence-electron chi connectivity index (χ1n) is 4.85. The molecule has 0 aromatic heterocycles. The van der Waals surface area contributed by atoms with Gasteiger partial charge in [-0.25, -0.2) is 0 Å². The van der Waals surface area contributed by atoms with Gasteiger partial charge in [0.1, 0.15) is 0 Å². The van der Waals surface area contributed by atoms with Crippen LogP contribution in [0.1, 0.15) is 20.8 Å². The first-order chi connectivity index (χ1) is 6.32. The van der Waals surface area contributed by atoms with Crippen LogP contribution >= 0.6 is 0 Å². The number of piperazine rings is 1. The Balaban J connectivity index is 2.70. The average Bonchev–Trinajstić information content (AvgIpc) is 2.01. The molecular weight excluding hydrogens is 180 g/mol. The zero-order valence-electron chi connectivity index (χ0n) is 9.33. The van der Waals surface area contributed by atoms with Crippen molar-refractivity contribution in [3.63, 3.8) is 0 Å². The quantitative estimate of drug-likeness (QED) is 0.563. The number of carbonyl (C=O) groups is 2. The Hall–Kier alpha value is -0.900. The summed E-state index contributed by atoms with van der Waals surface area (Å²) in [5.74, 6) is -0.158. The van der Waals surface area contributed by atoms with Crippen molar-refractivity contribution < 1.29 is 9.59 Å². The van der Waals surface area contributed by atoms with Gasteiger partial charge in [0.15, 0.2) is 0 Å². The van der Waals surface area contributed by atoms with Gasteiger partial charge in [0.25, 0.3) is 0 Å². The third-order valence-electron chi connectivity index (χ3n) is 2.30. The van der Waals surface area contributed by atoms with Gasteiger partial charge < -0.3 is 0 Å². The minimum atomic E-state index is -0.467. The molecule has 0 bridgehead atoms. The zero-order chi connectivity index (χ0) is 10.9. The molecule has 1 aliphatic heterocycles. The smallest absolute Gasteiger partial charge is 0.243 e. The van der Waals surface area contributed by atoms with Crippen molar-refractivity contribution >= 4 is 11.8 Å². The van der Waals surface area contributed by atoms with Gasteiger partial charge in [0.05, 0.1) is 6.54 Å². The van der Waals surface area contributed by atoms with Crippen molar-refractivity contribution in [3.8, 4) is 0 Å². The van der Waals surface area contributed by atoms with Gasteiger partial charge in [-0.2, -0.15) is 0 Å². The minimum Gasteiger partial charge on any atom is -0.296 e. The number of hydrogen-bond donors (Lipinski definition) is 0. The highest BCUT2D eigenvalue weighted by molar-refractivity contribution is 5.98. The maximum absolute atomic E-state index is 11.8. The van der Waals surface area contributed by atoms with Gasteiger partial charge in [0, 0.05) is 18.5 Å². The van der Waals surface area contributed by atoms with Crippen molar-refractivity contribution in [2.45, 2.75) is 20.8 Å². The summed E-state index contributed by atoms with van der Waals surface area (Å²) in [6, 6.07) is 0. The first-order valence-corrected chi connectivity index (χ1v) is 4.85. The molecule has 0 saturated carbocycles. The maximum Gasteiger partial charge on any atom is 0.243 e. The first kappa shape index (κ1) is 11.2. The largest absolute Gasteiger partial charge is 0.296 e. The predicted molar refractivity (Wildman–Crippen MR) is 53.7 cm³/mol. The van der Waals surface area contributed by atoms with Gasteiger partial charge in [0.2, 0.25) is 11.8 Å². The molecule has 4 heteroatoms. The van der Waals surface area contributed by atoms with Crippen molar-refractivity contribution in [1.29, 1.82) is 0 Å². The Morgan fingerprint density at radius 1 is 1.29 bits per heavy atom. The standard InChI is InChI=1S/C10H18N2O2/c1-10(2,3)9(14)12-6-5-11(4)7-8(12)13/h5-7H2,1-4H3. The van der Waals surface area contributed by atoms with Crippen molar-refractivity contribution in [1.82, 2.24) is 9.80 Å². The molecule has 1 saturated heterocycles. The van der Waals surface area contributed by atoms with E-state index in [0.717, 1.165) is 6.54 Å². The summed E-state index contributed by atoms with van der Waals surface area (Å²) in [7, 11) is 1.89. The number of amides is 2. The number of likely N-dealkylation sites (N-methyl/N-ethyl adjacent to an activating group) is 1. The lowest BCUT2D eigenvalue weighted by atomic mass is 9.94. The molecule has 1 aliphatic rings. The van der Waals surface area contributed by atoms with Crippen LogP contribution in [0.4, 0.5) is 0 Å². The second-order valence-electron chi connectivity index (χ2n) is 4.84. The van der Waals surface area contributed by atoms with Gasteiger partial charge in [-0.3, -0.25) is 19.4 Å². The van der Waals surface area contributed by atoms with Crippen LogP contribution in [0.3, 0.4) is 0 Å². The highest BCUT2D eigenvalue weighted by atomic mass is 16.2. The van der Waals surface area contributed by atoms with Crippen LogP contribution in [0.5, 0.6) is 0 Å². The molecule has 0 N–H and O–H groups in total. The topological polar surface area (TPSA) is 40.6 Å². The van der Waals surface area contributed by atoms with Crippen molar-refractivity contribution in [2.75, 3.05) is 26.7 Å². The highest BCUT2D eigenvalue weighted by Gasteiger charge is 2.33. The predicted octanol–water partition coefficient (Wildman–Crippen LogP) is 0.333. The molecule has 80 valence electrons. The van der Waals surface area contributed by atoms with E-state index in [2.05, 4.69) is 0 Å². The molecule has 14 heavy (non-hydrogen) atoms. The van der Waals surface area contributed by atoms with Crippen LogP contribution in [0.15, 0.2) is 0 Å². The van der Waals surface area contributed by atoms with Gasteiger partial charge in [-0.1, -0.05) is 20.8 Å². The van der Waals surface area contributed by atoms with E-state index in [4.69, 9.17) is 0 Å². The second kappa shape index (κ2) is 3.69. The SMILES string of the molecule is CN1CCN(C(=O)C(C)(C)C)C(=O)C1. The molecule has 0 unspecified atom stereocenters. The average molecular weight is 198 g/mol. The van der Waals surface area contributed by atoms with E-state index in [-0.39, 0.29) is 11.8 Å². The van der Waals surface area contributed by atoms with Crippen molar-refractivity contribution in [3.05, 3.63) is 0 Å². The second-order valence-corrected chi connectivity index (χ2v) is 4.84. The Kier molecular flexibility index (Phi) is 2.95. The summed E-state index contributed by atoms with van der Waals surface area (Å²) in [5, 5.41) is 0. The fraction of sp³-hybridized carbons (Fsp3) is 0.800. The van der Waals surface area contributed by atoms with Crippen LogP contribution in [0, 0.1) is 5.41 Å². The van der Waals surface area contributed by atoms with E-state index in [1.54, 1.807) is 0 Å². The normalized spacial score (nSPS) is 20.0. The molecule has 1 heterocycles. The molecule has 0 radical (unpaired) electrons. The number of nitrogens with zero attached hydrogens (tertiary/aromatic N) is 2. The van der Waals surface area contributed by atoms with Crippen LogP contribution in [-0.2, 0) is 9.59 Å². The molecule has 1 fully saturated rings. The van der Waals surface area contributed by atoms with E-state index < -0.39 is 5.41 Å². The summed E-state index contributed by atoms with van der Waals surface area (Å²) >= 11 is 0. The summed E-state index contributed by atoms with van der Waals surface area (Å²) in [4.78, 5) is 26.7. The minimum absolute atomic E-state index is 0.0735. The molecule has 1 rings (SSSR count). The van der Waals surface area contributed by atoms with Crippen LogP contribution in [0.25, 0.3) is 0 Å². The van der Waals surface area contributed by atoms with E-state index in [9.17, 15) is 9.59 Å².